The average molecular weight is 881 g/mol. The van der Waals surface area contributed by atoms with Crippen LogP contribution in [0.3, 0.4) is 0 Å². The molecule has 0 bridgehead atoms. The van der Waals surface area contributed by atoms with Crippen LogP contribution in [0.25, 0.3) is 0 Å². The summed E-state index contributed by atoms with van der Waals surface area (Å²) in [6.45, 7) is 2.16. The minimum Gasteiger partial charge on any atom is -0.481 e. The summed E-state index contributed by atoms with van der Waals surface area (Å²) in [6, 6.07) is -4.24. The molecule has 354 valence electrons. The highest BCUT2D eigenvalue weighted by Crippen LogP contribution is 2.29. The molecule has 1 saturated carbocycles. The van der Waals surface area contributed by atoms with Crippen LogP contribution in [0.2, 0.25) is 0 Å². The summed E-state index contributed by atoms with van der Waals surface area (Å²) in [7, 11) is 0. The van der Waals surface area contributed by atoms with Gasteiger partial charge in [0.05, 0.1) is 0 Å². The van der Waals surface area contributed by atoms with Gasteiger partial charge < -0.3 is 41.7 Å². The molecule has 1 fully saturated rings. The van der Waals surface area contributed by atoms with E-state index in [1.807, 2.05) is 0 Å². The van der Waals surface area contributed by atoms with Gasteiger partial charge in [-0.05, 0) is 63.7 Å². The first-order valence-electron chi connectivity index (χ1n) is 23.2. The van der Waals surface area contributed by atoms with Crippen LogP contribution >= 0.6 is 0 Å². The van der Waals surface area contributed by atoms with Gasteiger partial charge in [-0.15, -0.1) is 0 Å². The van der Waals surface area contributed by atoms with Crippen LogP contribution in [0, 0.1) is 11.8 Å². The first-order chi connectivity index (χ1) is 29.6. The third-order valence-corrected chi connectivity index (χ3v) is 11.7. The van der Waals surface area contributed by atoms with E-state index < -0.39 is 78.5 Å². The number of amides is 4. The molecular weight excluding hydrogens is 805 g/mol. The Bertz CT molecular complexity index is 1400. The van der Waals surface area contributed by atoms with E-state index in [4.69, 9.17) is 5.11 Å². The van der Waals surface area contributed by atoms with Gasteiger partial charge in [0.1, 0.15) is 23.9 Å². The highest BCUT2D eigenvalue weighted by Gasteiger charge is 2.30. The van der Waals surface area contributed by atoms with E-state index in [-0.39, 0.29) is 56.1 Å². The van der Waals surface area contributed by atoms with Crippen molar-refractivity contribution in [3.63, 3.8) is 0 Å². The van der Waals surface area contributed by atoms with Gasteiger partial charge in [0, 0.05) is 51.0 Å². The first-order valence-corrected chi connectivity index (χ1v) is 23.2. The second-order valence-corrected chi connectivity index (χ2v) is 16.9. The van der Waals surface area contributed by atoms with Crippen molar-refractivity contribution in [2.45, 2.75) is 211 Å². The number of carboxylic acid groups (broad SMARTS) is 4. The number of carbonyl (C=O) groups excluding carboxylic acids is 5. The third kappa shape index (κ3) is 28.1. The Hall–Kier alpha value is -4.57. The number of hydrogen-bond donors (Lipinski definition) is 8. The molecule has 1 aliphatic rings. The highest BCUT2D eigenvalue weighted by atomic mass is 16.4. The Labute approximate surface area is 367 Å². The van der Waals surface area contributed by atoms with E-state index in [1.54, 1.807) is 6.92 Å². The predicted octanol–water partition coefficient (Wildman–Crippen LogP) is 6.04. The van der Waals surface area contributed by atoms with Crippen molar-refractivity contribution in [1.82, 2.24) is 21.3 Å². The summed E-state index contributed by atoms with van der Waals surface area (Å²) in [5.74, 6) is -7.22. The fourth-order valence-electron chi connectivity index (χ4n) is 7.64. The quantitative estimate of drug-likeness (QED) is 0.0329. The molecule has 0 aliphatic heterocycles. The summed E-state index contributed by atoms with van der Waals surface area (Å²) in [5.41, 5.74) is 0. The summed E-state index contributed by atoms with van der Waals surface area (Å²) in [4.78, 5) is 108. The van der Waals surface area contributed by atoms with Gasteiger partial charge >= 0.3 is 23.9 Å². The molecule has 0 unspecified atom stereocenters. The molecule has 0 spiro atoms. The number of carboxylic acids is 4. The van der Waals surface area contributed by atoms with Crippen LogP contribution in [-0.4, -0.2) is 98.4 Å². The zero-order valence-corrected chi connectivity index (χ0v) is 37.1. The SMILES string of the molecule is CCC(=O)CC[C@H](NC(=O)CC[C@H](NC(=O)CC[C@H](NC(=O)[C@H]1CC[C@H](CNC(=O)CCCCCCCCCCCCCCCCCCC(=O)O)CC1)C(=O)O)C(=O)O)C(=O)O. The van der Waals surface area contributed by atoms with Crippen LogP contribution in [0.15, 0.2) is 0 Å². The predicted molar refractivity (Wildman–Crippen MR) is 231 cm³/mol. The fourth-order valence-corrected chi connectivity index (χ4v) is 7.64. The molecule has 17 heteroatoms. The maximum Gasteiger partial charge on any atom is 0.326 e. The summed E-state index contributed by atoms with van der Waals surface area (Å²) in [6.07, 6.45) is 20.2. The van der Waals surface area contributed by atoms with Crippen LogP contribution in [0.5, 0.6) is 0 Å². The molecule has 0 saturated heterocycles. The Balaban J connectivity index is 2.22. The maximum atomic E-state index is 13.0. The molecule has 0 radical (unpaired) electrons. The van der Waals surface area contributed by atoms with Crippen LogP contribution < -0.4 is 21.3 Å². The Kier molecular flexibility index (Phi) is 30.4. The van der Waals surface area contributed by atoms with Crippen molar-refractivity contribution in [1.29, 1.82) is 0 Å². The van der Waals surface area contributed by atoms with Gasteiger partial charge in [0.2, 0.25) is 23.6 Å². The lowest BCUT2D eigenvalue weighted by molar-refractivity contribution is -0.144. The maximum absolute atomic E-state index is 13.0. The van der Waals surface area contributed by atoms with Gasteiger partial charge in [-0.25, -0.2) is 14.4 Å². The van der Waals surface area contributed by atoms with Gasteiger partial charge in [-0.2, -0.15) is 0 Å². The molecule has 8 N–H and O–H groups in total. The Morgan fingerprint density at radius 1 is 0.452 bits per heavy atom. The normalized spacial score (nSPS) is 16.3. The number of ketones is 1. The summed E-state index contributed by atoms with van der Waals surface area (Å²) in [5, 5.41) is 47.3. The lowest BCUT2D eigenvalue weighted by Gasteiger charge is -2.28. The van der Waals surface area contributed by atoms with Gasteiger partial charge in [0.25, 0.3) is 0 Å². The zero-order chi connectivity index (χ0) is 46.1. The van der Waals surface area contributed by atoms with Crippen molar-refractivity contribution >= 4 is 53.3 Å². The summed E-state index contributed by atoms with van der Waals surface area (Å²) >= 11 is 0. The van der Waals surface area contributed by atoms with Crippen molar-refractivity contribution in [3.8, 4) is 0 Å². The van der Waals surface area contributed by atoms with Crippen LogP contribution in [-0.2, 0) is 43.2 Å². The highest BCUT2D eigenvalue weighted by molar-refractivity contribution is 5.88. The molecule has 0 aromatic heterocycles. The molecular formula is C45H76N4O13. The molecule has 1 rings (SSSR count). The molecule has 0 aromatic carbocycles. The van der Waals surface area contributed by atoms with E-state index in [9.17, 15) is 58.5 Å². The minimum absolute atomic E-state index is 0.0262. The molecule has 1 aliphatic carbocycles. The van der Waals surface area contributed by atoms with E-state index in [0.717, 1.165) is 38.5 Å². The van der Waals surface area contributed by atoms with E-state index in [1.165, 1.54) is 64.2 Å². The van der Waals surface area contributed by atoms with Crippen LogP contribution in [0.1, 0.15) is 193 Å². The monoisotopic (exact) mass is 881 g/mol. The molecule has 17 nitrogen and oxygen atoms in total. The number of Topliss-reactive ketones (excluding diaryl/α,β-unsaturated/α-hetero) is 1. The molecule has 0 aromatic rings. The van der Waals surface area contributed by atoms with Crippen molar-refractivity contribution in [3.05, 3.63) is 0 Å². The zero-order valence-electron chi connectivity index (χ0n) is 37.1. The van der Waals surface area contributed by atoms with Crippen molar-refractivity contribution < 1.29 is 63.6 Å². The van der Waals surface area contributed by atoms with Crippen molar-refractivity contribution in [2.24, 2.45) is 11.8 Å². The topological polar surface area (TPSA) is 283 Å². The van der Waals surface area contributed by atoms with Gasteiger partial charge in [0.15, 0.2) is 0 Å². The van der Waals surface area contributed by atoms with E-state index >= 15 is 0 Å². The molecule has 62 heavy (non-hydrogen) atoms. The second-order valence-electron chi connectivity index (χ2n) is 16.9. The molecule has 4 amide bonds. The number of hydrogen-bond acceptors (Lipinski definition) is 9. The lowest BCUT2D eigenvalue weighted by atomic mass is 9.81. The summed E-state index contributed by atoms with van der Waals surface area (Å²) < 4.78 is 0. The Morgan fingerprint density at radius 2 is 0.823 bits per heavy atom. The minimum atomic E-state index is -1.51. The largest absolute Gasteiger partial charge is 0.481 e. The molecule has 3 atom stereocenters. The first kappa shape index (κ1) is 55.4. The van der Waals surface area contributed by atoms with E-state index in [0.29, 0.717) is 38.6 Å². The number of carbonyl (C=O) groups is 9. The number of aliphatic carboxylic acids is 4. The number of rotatable bonds is 38. The van der Waals surface area contributed by atoms with Crippen molar-refractivity contribution in [2.75, 3.05) is 6.54 Å². The smallest absolute Gasteiger partial charge is 0.326 e. The standard InChI is InChI=1S/C45H76N4O13/c1-2-34(50)25-26-35(43(57)58)47-39(52)29-27-36(44(59)60)48-40(53)30-28-37(45(61)62)49-42(56)33-23-21-32(22-24-33)31-46-38(51)19-17-15-13-11-9-7-5-3-4-6-8-10-12-14-16-18-20-41(54)55/h32-33,35-37H,2-31H2,1H3,(H,46,51)(H,47,52)(H,48,53)(H,49,56)(H,54,55)(H,57,58)(H,59,60)(H,61,62)/t32-,33-,35-,36-,37-/m0/s1. The average Bonchev–Trinajstić information content (AvgIpc) is 3.23. The Morgan fingerprint density at radius 3 is 1.21 bits per heavy atom. The molecule has 0 heterocycles. The number of unbranched alkanes of at least 4 members (excludes halogenated alkanes) is 15. The lowest BCUT2D eigenvalue weighted by Crippen LogP contribution is -2.46. The van der Waals surface area contributed by atoms with Gasteiger partial charge in [-0.1, -0.05) is 96.8 Å². The van der Waals surface area contributed by atoms with Gasteiger partial charge in [-0.3, -0.25) is 28.8 Å². The van der Waals surface area contributed by atoms with E-state index in [2.05, 4.69) is 21.3 Å². The van der Waals surface area contributed by atoms with Crippen LogP contribution in [0.4, 0.5) is 0 Å². The second kappa shape index (κ2) is 34.0. The fraction of sp³-hybridized carbons (Fsp3) is 0.800. The third-order valence-electron chi connectivity index (χ3n) is 11.7. The number of nitrogens with one attached hydrogen (secondary N) is 4.